The summed E-state index contributed by atoms with van der Waals surface area (Å²) in [5.41, 5.74) is 0. The van der Waals surface area contributed by atoms with Gasteiger partial charge in [0.25, 0.3) is 0 Å². The SMILES string of the molecule is CCC(C)C(O)c1cc(Cl)c(Br)s1. The highest BCUT2D eigenvalue weighted by Gasteiger charge is 2.18. The van der Waals surface area contributed by atoms with Crippen LogP contribution in [0.5, 0.6) is 0 Å². The van der Waals surface area contributed by atoms with Crippen LogP contribution in [0.2, 0.25) is 5.02 Å². The zero-order valence-electron chi connectivity index (χ0n) is 7.55. The Morgan fingerprint density at radius 3 is 2.69 bits per heavy atom. The zero-order valence-corrected chi connectivity index (χ0v) is 10.7. The Morgan fingerprint density at radius 1 is 1.69 bits per heavy atom. The maximum Gasteiger partial charge on any atom is 0.0908 e. The molecule has 0 aliphatic heterocycles. The standard InChI is InChI=1S/C9H12BrClOS/c1-3-5(2)8(12)7-4-6(11)9(10)13-7/h4-5,8,12H,3H2,1-2H3. The van der Waals surface area contributed by atoms with Crippen LogP contribution in [0.1, 0.15) is 31.2 Å². The van der Waals surface area contributed by atoms with Gasteiger partial charge in [0.2, 0.25) is 0 Å². The van der Waals surface area contributed by atoms with Crippen LogP contribution < -0.4 is 0 Å². The molecular weight excluding hydrogens is 272 g/mol. The lowest BCUT2D eigenvalue weighted by Crippen LogP contribution is -2.05. The van der Waals surface area contributed by atoms with E-state index >= 15 is 0 Å². The Morgan fingerprint density at radius 2 is 2.31 bits per heavy atom. The molecule has 2 atom stereocenters. The quantitative estimate of drug-likeness (QED) is 0.879. The van der Waals surface area contributed by atoms with Crippen LogP contribution >= 0.6 is 38.9 Å². The van der Waals surface area contributed by atoms with Crippen molar-refractivity contribution in [1.82, 2.24) is 0 Å². The molecule has 0 spiro atoms. The third-order valence-electron chi connectivity index (χ3n) is 2.14. The molecule has 2 unspecified atom stereocenters. The fraction of sp³-hybridized carbons (Fsp3) is 0.556. The molecule has 1 nitrogen and oxygen atoms in total. The predicted octanol–water partition coefficient (Wildman–Crippen LogP) is 4.24. The molecule has 0 aliphatic rings. The van der Waals surface area contributed by atoms with Crippen LogP contribution in [0.3, 0.4) is 0 Å². The van der Waals surface area contributed by atoms with E-state index in [1.807, 2.05) is 13.0 Å². The summed E-state index contributed by atoms with van der Waals surface area (Å²) in [6.45, 7) is 4.10. The Kier molecular flexibility index (Phi) is 4.23. The van der Waals surface area contributed by atoms with E-state index in [0.717, 1.165) is 15.1 Å². The summed E-state index contributed by atoms with van der Waals surface area (Å²) >= 11 is 10.7. The first-order valence-electron chi connectivity index (χ1n) is 4.19. The molecule has 13 heavy (non-hydrogen) atoms. The number of thiophene rings is 1. The van der Waals surface area contributed by atoms with E-state index in [1.54, 1.807) is 0 Å². The topological polar surface area (TPSA) is 20.2 Å². The van der Waals surface area contributed by atoms with Crippen molar-refractivity contribution < 1.29 is 5.11 Å². The molecule has 0 aliphatic carbocycles. The molecule has 1 rings (SSSR count). The molecule has 74 valence electrons. The van der Waals surface area contributed by atoms with Crippen LogP contribution in [-0.2, 0) is 0 Å². The van der Waals surface area contributed by atoms with Crippen molar-refractivity contribution in [3.8, 4) is 0 Å². The summed E-state index contributed by atoms with van der Waals surface area (Å²) in [4.78, 5) is 0.936. The van der Waals surface area contributed by atoms with Gasteiger partial charge in [-0.15, -0.1) is 11.3 Å². The lowest BCUT2D eigenvalue weighted by atomic mass is 10.0. The number of aliphatic hydroxyl groups is 1. The van der Waals surface area contributed by atoms with E-state index in [2.05, 4.69) is 22.9 Å². The monoisotopic (exact) mass is 282 g/mol. The van der Waals surface area contributed by atoms with Crippen LogP contribution in [-0.4, -0.2) is 5.11 Å². The summed E-state index contributed by atoms with van der Waals surface area (Å²) in [7, 11) is 0. The fourth-order valence-electron chi connectivity index (χ4n) is 1.01. The second-order valence-electron chi connectivity index (χ2n) is 3.10. The third-order valence-corrected chi connectivity index (χ3v) is 4.68. The molecular formula is C9H12BrClOS. The maximum atomic E-state index is 9.86. The van der Waals surface area contributed by atoms with Gasteiger partial charge in [0.05, 0.1) is 14.9 Å². The second kappa shape index (κ2) is 4.78. The van der Waals surface area contributed by atoms with Gasteiger partial charge in [-0.1, -0.05) is 31.9 Å². The second-order valence-corrected chi connectivity index (χ2v) is 5.91. The minimum atomic E-state index is -0.390. The minimum Gasteiger partial charge on any atom is -0.387 e. The summed E-state index contributed by atoms with van der Waals surface area (Å²) in [5, 5.41) is 10.5. The smallest absolute Gasteiger partial charge is 0.0908 e. The molecule has 0 saturated heterocycles. The molecule has 0 amide bonds. The van der Waals surface area contributed by atoms with E-state index in [1.165, 1.54) is 11.3 Å². The Balaban J connectivity index is 2.82. The van der Waals surface area contributed by atoms with Crippen LogP contribution in [0, 0.1) is 5.92 Å². The van der Waals surface area contributed by atoms with Crippen LogP contribution in [0.15, 0.2) is 9.85 Å². The van der Waals surface area contributed by atoms with Crippen LogP contribution in [0.25, 0.3) is 0 Å². The van der Waals surface area contributed by atoms with Crippen molar-refractivity contribution in [2.24, 2.45) is 5.92 Å². The highest BCUT2D eigenvalue weighted by Crippen LogP contribution is 2.37. The minimum absolute atomic E-state index is 0.279. The van der Waals surface area contributed by atoms with Crippen molar-refractivity contribution in [3.63, 3.8) is 0 Å². The molecule has 4 heteroatoms. The van der Waals surface area contributed by atoms with Gasteiger partial charge in [-0.2, -0.15) is 0 Å². The van der Waals surface area contributed by atoms with Gasteiger partial charge in [0.1, 0.15) is 0 Å². The molecule has 0 bridgehead atoms. The summed E-state index contributed by atoms with van der Waals surface area (Å²) in [5.74, 6) is 0.279. The Labute approximate surface area is 95.9 Å². The van der Waals surface area contributed by atoms with E-state index in [-0.39, 0.29) is 5.92 Å². The van der Waals surface area contributed by atoms with E-state index < -0.39 is 6.10 Å². The van der Waals surface area contributed by atoms with Gasteiger partial charge in [-0.05, 0) is 27.9 Å². The average Bonchev–Trinajstić information content (AvgIpc) is 2.44. The number of aliphatic hydroxyl groups excluding tert-OH is 1. The molecule has 1 aromatic rings. The normalized spacial score (nSPS) is 15.8. The summed E-state index contributed by atoms with van der Waals surface area (Å²) < 4.78 is 0.895. The molecule has 0 fully saturated rings. The molecule has 0 radical (unpaired) electrons. The van der Waals surface area contributed by atoms with Gasteiger partial charge < -0.3 is 5.11 Å². The lowest BCUT2D eigenvalue weighted by molar-refractivity contribution is 0.119. The summed E-state index contributed by atoms with van der Waals surface area (Å²) in [6.07, 6.45) is 0.577. The van der Waals surface area contributed by atoms with E-state index in [0.29, 0.717) is 5.02 Å². The molecule has 0 aromatic carbocycles. The van der Waals surface area contributed by atoms with Gasteiger partial charge in [0, 0.05) is 4.88 Å². The van der Waals surface area contributed by atoms with Crippen LogP contribution in [0.4, 0.5) is 0 Å². The zero-order chi connectivity index (χ0) is 10.0. The van der Waals surface area contributed by atoms with Crippen molar-refractivity contribution in [2.75, 3.05) is 0 Å². The summed E-state index contributed by atoms with van der Waals surface area (Å²) in [6, 6.07) is 1.83. The molecule has 1 N–H and O–H groups in total. The van der Waals surface area contributed by atoms with Crippen molar-refractivity contribution in [1.29, 1.82) is 0 Å². The number of hydrogen-bond acceptors (Lipinski definition) is 2. The molecule has 0 saturated carbocycles. The van der Waals surface area contributed by atoms with Crippen molar-refractivity contribution in [2.45, 2.75) is 26.4 Å². The van der Waals surface area contributed by atoms with Gasteiger partial charge >= 0.3 is 0 Å². The van der Waals surface area contributed by atoms with Gasteiger partial charge in [-0.3, -0.25) is 0 Å². The third kappa shape index (κ3) is 2.69. The maximum absolute atomic E-state index is 9.86. The van der Waals surface area contributed by atoms with Crippen molar-refractivity contribution >= 4 is 38.9 Å². The van der Waals surface area contributed by atoms with Crippen molar-refractivity contribution in [3.05, 3.63) is 19.8 Å². The largest absolute Gasteiger partial charge is 0.387 e. The lowest BCUT2D eigenvalue weighted by Gasteiger charge is -2.14. The van der Waals surface area contributed by atoms with E-state index in [9.17, 15) is 5.11 Å². The average molecular weight is 284 g/mol. The predicted molar refractivity (Wildman–Crippen MR) is 61.4 cm³/mol. The first kappa shape index (κ1) is 11.5. The number of halogens is 2. The van der Waals surface area contributed by atoms with Gasteiger partial charge in [-0.25, -0.2) is 0 Å². The number of rotatable bonds is 3. The fourth-order valence-corrected chi connectivity index (χ4v) is 2.88. The van der Waals surface area contributed by atoms with Gasteiger partial charge in [0.15, 0.2) is 0 Å². The van der Waals surface area contributed by atoms with E-state index in [4.69, 9.17) is 11.6 Å². The molecule has 1 heterocycles. The highest BCUT2D eigenvalue weighted by molar-refractivity contribution is 9.11. The first-order valence-corrected chi connectivity index (χ1v) is 6.17. The Hall–Kier alpha value is 0.430. The first-order chi connectivity index (χ1) is 6.06. The number of hydrogen-bond donors (Lipinski definition) is 1. The Bertz CT molecular complexity index is 268. The molecule has 1 aromatic heterocycles. The highest BCUT2D eigenvalue weighted by atomic mass is 79.9.